The number of nitrogens with zero attached hydrogens (tertiary/aromatic N) is 2. The molecule has 154 valence electrons. The lowest BCUT2D eigenvalue weighted by Gasteiger charge is -2.29. The minimum absolute atomic E-state index is 0. The van der Waals surface area contributed by atoms with E-state index in [0.29, 0.717) is 38.7 Å². The number of nitrogens with one attached hydrogen (secondary N) is 2. The third-order valence-corrected chi connectivity index (χ3v) is 5.60. The van der Waals surface area contributed by atoms with E-state index in [1.54, 1.807) is 4.31 Å². The fourth-order valence-electron chi connectivity index (χ4n) is 2.84. The van der Waals surface area contributed by atoms with Gasteiger partial charge in [0.25, 0.3) is 0 Å². The Morgan fingerprint density at radius 1 is 1.22 bits per heavy atom. The summed E-state index contributed by atoms with van der Waals surface area (Å²) in [7, 11) is -3.07. The Kier molecular flexibility index (Phi) is 11.0. The Labute approximate surface area is 180 Å². The van der Waals surface area contributed by atoms with Crippen molar-refractivity contribution in [1.29, 1.82) is 0 Å². The number of rotatable bonds is 8. The highest BCUT2D eigenvalue weighted by Gasteiger charge is 2.24. The van der Waals surface area contributed by atoms with Gasteiger partial charge in [-0.2, -0.15) is 0 Å². The van der Waals surface area contributed by atoms with Crippen LogP contribution < -0.4 is 15.4 Å². The van der Waals surface area contributed by atoms with Gasteiger partial charge in [0.1, 0.15) is 12.4 Å². The average Bonchev–Trinajstić information content (AvgIpc) is 2.63. The molecule has 2 N–H and O–H groups in total. The second-order valence-electron chi connectivity index (χ2n) is 6.41. The van der Waals surface area contributed by atoms with Crippen LogP contribution >= 0.6 is 24.0 Å². The summed E-state index contributed by atoms with van der Waals surface area (Å²) in [5.74, 6) is 2.05. The first-order chi connectivity index (χ1) is 12.5. The fourth-order valence-corrected chi connectivity index (χ4v) is 3.71. The molecule has 1 aromatic rings. The second-order valence-corrected chi connectivity index (χ2v) is 8.40. The van der Waals surface area contributed by atoms with Crippen LogP contribution in [0.4, 0.5) is 0 Å². The first-order valence-electron chi connectivity index (χ1n) is 9.14. The molecule has 0 radical (unpaired) electrons. The molecule has 27 heavy (non-hydrogen) atoms. The summed E-state index contributed by atoms with van der Waals surface area (Å²) in [6.07, 6.45) is 2.98. The van der Waals surface area contributed by atoms with E-state index in [4.69, 9.17) is 4.74 Å². The third-order valence-electron chi connectivity index (χ3n) is 4.30. The normalized spacial score (nSPS) is 16.4. The lowest BCUT2D eigenvalue weighted by atomic mass is 9.98. The summed E-state index contributed by atoms with van der Waals surface area (Å²) in [4.78, 5) is 4.64. The number of hydrogen-bond acceptors (Lipinski definition) is 4. The van der Waals surface area contributed by atoms with E-state index >= 15 is 0 Å². The molecule has 0 bridgehead atoms. The Morgan fingerprint density at radius 3 is 2.48 bits per heavy atom. The summed E-state index contributed by atoms with van der Waals surface area (Å²) < 4.78 is 30.3. The quantitative estimate of drug-likeness (QED) is 0.242. The Hall–Kier alpha value is -1.07. The molecule has 1 aliphatic heterocycles. The highest BCUT2D eigenvalue weighted by molar-refractivity contribution is 14.0. The van der Waals surface area contributed by atoms with E-state index in [1.807, 2.05) is 37.3 Å². The predicted molar refractivity (Wildman–Crippen MR) is 120 cm³/mol. The number of aliphatic imine (C=N–C) groups is 1. The molecule has 1 aromatic carbocycles. The Balaban J connectivity index is 0.00000364. The number of ether oxygens (including phenoxy) is 1. The van der Waals surface area contributed by atoms with Crippen LogP contribution in [0.3, 0.4) is 0 Å². The topological polar surface area (TPSA) is 83.0 Å². The average molecular weight is 510 g/mol. The molecule has 0 aliphatic carbocycles. The van der Waals surface area contributed by atoms with Gasteiger partial charge in [-0.1, -0.05) is 18.2 Å². The van der Waals surface area contributed by atoms with Crippen LogP contribution in [0.5, 0.6) is 5.75 Å². The predicted octanol–water partition coefficient (Wildman–Crippen LogP) is 1.91. The standard InChI is InChI=1S/C18H30N4O3S.HI/c1-3-19-18(20-11-14-25-17-7-5-4-6-8-17)21-15-16-9-12-22(13-10-16)26(2,23)24;/h4-8,16H,3,9-15H2,1-2H3,(H2,19,20,21);1H. The Morgan fingerprint density at radius 2 is 1.89 bits per heavy atom. The van der Waals surface area contributed by atoms with E-state index in [1.165, 1.54) is 6.26 Å². The molecular formula is C18H31IN4O3S. The smallest absolute Gasteiger partial charge is 0.211 e. The largest absolute Gasteiger partial charge is 0.492 e. The van der Waals surface area contributed by atoms with Crippen molar-refractivity contribution in [3.63, 3.8) is 0 Å². The second kappa shape index (κ2) is 12.4. The molecular weight excluding hydrogens is 479 g/mol. The van der Waals surface area contributed by atoms with Gasteiger partial charge in [-0.3, -0.25) is 4.99 Å². The zero-order chi connectivity index (χ0) is 18.8. The van der Waals surface area contributed by atoms with Crippen LogP contribution in [-0.4, -0.2) is 64.3 Å². The van der Waals surface area contributed by atoms with Crippen molar-refractivity contribution in [2.75, 3.05) is 45.6 Å². The zero-order valence-corrected chi connectivity index (χ0v) is 19.2. The van der Waals surface area contributed by atoms with Crippen molar-refractivity contribution in [2.24, 2.45) is 10.9 Å². The van der Waals surface area contributed by atoms with Gasteiger partial charge in [0.2, 0.25) is 10.0 Å². The highest BCUT2D eigenvalue weighted by atomic mass is 127. The molecule has 1 saturated heterocycles. The summed E-state index contributed by atoms with van der Waals surface area (Å²) in [6, 6.07) is 9.72. The molecule has 1 aliphatic rings. The molecule has 0 saturated carbocycles. The molecule has 0 unspecified atom stereocenters. The van der Waals surface area contributed by atoms with Gasteiger partial charge in [-0.05, 0) is 37.8 Å². The van der Waals surface area contributed by atoms with Gasteiger partial charge in [0, 0.05) is 26.2 Å². The number of sulfonamides is 1. The minimum Gasteiger partial charge on any atom is -0.492 e. The lowest BCUT2D eigenvalue weighted by molar-refractivity contribution is 0.280. The summed E-state index contributed by atoms with van der Waals surface area (Å²) >= 11 is 0. The lowest BCUT2D eigenvalue weighted by Crippen LogP contribution is -2.41. The van der Waals surface area contributed by atoms with Gasteiger partial charge in [0.05, 0.1) is 12.8 Å². The number of hydrogen-bond donors (Lipinski definition) is 2. The van der Waals surface area contributed by atoms with E-state index in [9.17, 15) is 8.42 Å². The van der Waals surface area contributed by atoms with Gasteiger partial charge < -0.3 is 15.4 Å². The molecule has 1 fully saturated rings. The summed E-state index contributed by atoms with van der Waals surface area (Å²) in [5, 5.41) is 6.50. The molecule has 9 heteroatoms. The number of benzene rings is 1. The highest BCUT2D eigenvalue weighted by Crippen LogP contribution is 2.19. The van der Waals surface area contributed by atoms with Gasteiger partial charge >= 0.3 is 0 Å². The van der Waals surface area contributed by atoms with Crippen LogP contribution in [0, 0.1) is 5.92 Å². The van der Waals surface area contributed by atoms with Gasteiger partial charge in [-0.15, -0.1) is 24.0 Å². The molecule has 0 atom stereocenters. The SMILES string of the molecule is CCNC(=NCC1CCN(S(C)(=O)=O)CC1)NCCOc1ccccc1.I. The monoisotopic (exact) mass is 510 g/mol. The zero-order valence-electron chi connectivity index (χ0n) is 16.1. The maximum Gasteiger partial charge on any atom is 0.211 e. The van der Waals surface area contributed by atoms with Crippen molar-refractivity contribution in [3.8, 4) is 5.75 Å². The first kappa shape index (κ1) is 24.0. The van der Waals surface area contributed by atoms with Crippen molar-refractivity contribution in [1.82, 2.24) is 14.9 Å². The van der Waals surface area contributed by atoms with Crippen LogP contribution in [0.15, 0.2) is 35.3 Å². The summed E-state index contributed by atoms with van der Waals surface area (Å²) in [6.45, 7) is 5.92. The van der Waals surface area contributed by atoms with Crippen LogP contribution in [0.2, 0.25) is 0 Å². The molecule has 0 aromatic heterocycles. The van der Waals surface area contributed by atoms with Gasteiger partial charge in [0.15, 0.2) is 5.96 Å². The van der Waals surface area contributed by atoms with Crippen LogP contribution in [-0.2, 0) is 10.0 Å². The molecule has 0 spiro atoms. The minimum atomic E-state index is -3.07. The van der Waals surface area contributed by atoms with Crippen molar-refractivity contribution in [3.05, 3.63) is 30.3 Å². The van der Waals surface area contributed by atoms with Crippen molar-refractivity contribution >= 4 is 40.0 Å². The van der Waals surface area contributed by atoms with E-state index in [-0.39, 0.29) is 24.0 Å². The van der Waals surface area contributed by atoms with E-state index < -0.39 is 10.0 Å². The molecule has 0 amide bonds. The van der Waals surface area contributed by atoms with Crippen LogP contribution in [0.25, 0.3) is 0 Å². The number of halogens is 1. The Bertz CT molecular complexity index is 662. The fraction of sp³-hybridized carbons (Fsp3) is 0.611. The maximum atomic E-state index is 11.6. The van der Waals surface area contributed by atoms with Gasteiger partial charge in [-0.25, -0.2) is 12.7 Å². The van der Waals surface area contributed by atoms with Crippen molar-refractivity contribution < 1.29 is 13.2 Å². The number of guanidine groups is 1. The number of piperidine rings is 1. The van der Waals surface area contributed by atoms with E-state index in [2.05, 4.69) is 15.6 Å². The number of para-hydroxylation sites is 1. The van der Waals surface area contributed by atoms with Crippen LogP contribution in [0.1, 0.15) is 19.8 Å². The van der Waals surface area contributed by atoms with Crippen molar-refractivity contribution in [2.45, 2.75) is 19.8 Å². The maximum absolute atomic E-state index is 11.6. The van der Waals surface area contributed by atoms with E-state index in [0.717, 1.165) is 31.1 Å². The summed E-state index contributed by atoms with van der Waals surface area (Å²) in [5.41, 5.74) is 0. The third kappa shape index (κ3) is 9.11. The molecule has 2 rings (SSSR count). The molecule has 7 nitrogen and oxygen atoms in total. The first-order valence-corrected chi connectivity index (χ1v) is 11.0. The molecule has 1 heterocycles.